The third-order valence-corrected chi connectivity index (χ3v) is 3.27. The number of nitrogens with zero attached hydrogens (tertiary/aromatic N) is 1. The second-order valence-corrected chi connectivity index (χ2v) is 5.12. The molecule has 1 heterocycles. The number of benzene rings is 1. The molecule has 0 spiro atoms. The lowest BCUT2D eigenvalue weighted by Gasteiger charge is -2.26. The molecule has 2 rings (SSSR count). The average molecular weight is 241 g/mol. The van der Waals surface area contributed by atoms with E-state index in [0.717, 1.165) is 16.7 Å². The van der Waals surface area contributed by atoms with Gasteiger partial charge >= 0.3 is 0 Å². The Hall–Kier alpha value is -1.67. The zero-order chi connectivity index (χ0) is 13.2. The van der Waals surface area contributed by atoms with Crippen LogP contribution in [0.25, 0.3) is 0 Å². The molecule has 0 fully saturated rings. The van der Waals surface area contributed by atoms with Gasteiger partial charge < -0.3 is 5.11 Å². The number of hydrogen-bond acceptors (Lipinski definition) is 2. The van der Waals surface area contributed by atoms with Crippen LogP contribution in [0, 0.1) is 13.8 Å². The summed E-state index contributed by atoms with van der Waals surface area (Å²) in [5, 5.41) is 10.7. The van der Waals surface area contributed by atoms with Crippen molar-refractivity contribution in [1.29, 1.82) is 0 Å². The molecule has 0 aliphatic rings. The summed E-state index contributed by atoms with van der Waals surface area (Å²) in [6.07, 6.45) is 4.11. The predicted octanol–water partition coefficient (Wildman–Crippen LogP) is 3.15. The van der Waals surface area contributed by atoms with Crippen LogP contribution in [0.3, 0.4) is 0 Å². The first-order valence-electron chi connectivity index (χ1n) is 6.18. The lowest BCUT2D eigenvalue weighted by atomic mass is 9.86. The lowest BCUT2D eigenvalue weighted by molar-refractivity contribution is 0.0569. The zero-order valence-corrected chi connectivity index (χ0v) is 11.1. The van der Waals surface area contributed by atoms with Crippen LogP contribution in [0.5, 0.6) is 0 Å². The summed E-state index contributed by atoms with van der Waals surface area (Å²) in [6, 6.07) is 10.1. The third-order valence-electron chi connectivity index (χ3n) is 3.27. The van der Waals surface area contributed by atoms with Gasteiger partial charge in [0.25, 0.3) is 0 Å². The number of aryl methyl sites for hydroxylation is 2. The molecule has 2 nitrogen and oxygen atoms in total. The molecule has 2 aromatic rings. The van der Waals surface area contributed by atoms with E-state index in [1.807, 2.05) is 32.9 Å². The molecule has 1 atom stereocenters. The zero-order valence-electron chi connectivity index (χ0n) is 11.1. The molecule has 18 heavy (non-hydrogen) atoms. The molecular formula is C16H19NO. The molecule has 0 aliphatic carbocycles. The van der Waals surface area contributed by atoms with Gasteiger partial charge in [-0.1, -0.05) is 23.8 Å². The molecule has 94 valence electrons. The van der Waals surface area contributed by atoms with Crippen molar-refractivity contribution in [2.45, 2.75) is 32.8 Å². The molecule has 0 saturated heterocycles. The van der Waals surface area contributed by atoms with Gasteiger partial charge in [0.2, 0.25) is 0 Å². The summed E-state index contributed by atoms with van der Waals surface area (Å²) in [7, 11) is 0. The van der Waals surface area contributed by atoms with Crippen LogP contribution in [0.4, 0.5) is 0 Å². The fourth-order valence-corrected chi connectivity index (χ4v) is 2.31. The smallest absolute Gasteiger partial charge is 0.0911 e. The highest BCUT2D eigenvalue weighted by molar-refractivity contribution is 5.35. The van der Waals surface area contributed by atoms with Crippen LogP contribution in [-0.4, -0.2) is 10.1 Å². The summed E-state index contributed by atoms with van der Waals surface area (Å²) in [4.78, 5) is 4.00. The normalized spacial score (nSPS) is 14.2. The summed E-state index contributed by atoms with van der Waals surface area (Å²) in [5.41, 5.74) is 3.54. The van der Waals surface area contributed by atoms with Gasteiger partial charge in [-0.2, -0.15) is 0 Å². The van der Waals surface area contributed by atoms with Gasteiger partial charge in [0.05, 0.1) is 5.60 Å². The highest BCUT2D eigenvalue weighted by atomic mass is 16.3. The number of rotatable bonds is 3. The monoisotopic (exact) mass is 241 g/mol. The first kappa shape index (κ1) is 12.8. The Morgan fingerprint density at radius 1 is 1.11 bits per heavy atom. The Morgan fingerprint density at radius 3 is 2.44 bits per heavy atom. The molecular weight excluding hydrogens is 222 g/mol. The van der Waals surface area contributed by atoms with Crippen molar-refractivity contribution in [3.8, 4) is 0 Å². The Balaban J connectivity index is 2.33. The van der Waals surface area contributed by atoms with Crippen molar-refractivity contribution >= 4 is 0 Å². The van der Waals surface area contributed by atoms with Crippen LogP contribution in [0.1, 0.15) is 29.2 Å². The third kappa shape index (κ3) is 2.77. The lowest BCUT2D eigenvalue weighted by Crippen LogP contribution is -2.25. The molecule has 1 N–H and O–H groups in total. The highest BCUT2D eigenvalue weighted by Gasteiger charge is 2.25. The van der Waals surface area contributed by atoms with Crippen molar-refractivity contribution in [3.05, 3.63) is 65.0 Å². The van der Waals surface area contributed by atoms with Crippen molar-refractivity contribution in [2.24, 2.45) is 0 Å². The minimum absolute atomic E-state index is 0.597. The van der Waals surface area contributed by atoms with E-state index in [-0.39, 0.29) is 0 Å². The quantitative estimate of drug-likeness (QED) is 0.895. The molecule has 1 aromatic heterocycles. The second-order valence-electron chi connectivity index (χ2n) is 5.12. The Bertz CT molecular complexity index is 532. The summed E-state index contributed by atoms with van der Waals surface area (Å²) < 4.78 is 0. The molecule has 1 unspecified atom stereocenters. The minimum Gasteiger partial charge on any atom is -0.385 e. The number of pyridine rings is 1. The van der Waals surface area contributed by atoms with E-state index in [9.17, 15) is 5.11 Å². The van der Waals surface area contributed by atoms with Gasteiger partial charge in [-0.05, 0) is 49.6 Å². The standard InChI is InChI=1S/C16H19NO/c1-12-4-5-13(2)15(10-12)16(3,18)11-14-6-8-17-9-7-14/h4-10,18H,11H2,1-3H3. The molecule has 1 aromatic carbocycles. The van der Waals surface area contributed by atoms with E-state index >= 15 is 0 Å². The molecule has 0 aliphatic heterocycles. The van der Waals surface area contributed by atoms with E-state index in [0.29, 0.717) is 6.42 Å². The van der Waals surface area contributed by atoms with E-state index in [2.05, 4.69) is 23.2 Å². The first-order chi connectivity index (χ1) is 8.49. The largest absolute Gasteiger partial charge is 0.385 e. The second kappa shape index (κ2) is 4.91. The van der Waals surface area contributed by atoms with Crippen LogP contribution in [0.2, 0.25) is 0 Å². The molecule has 0 radical (unpaired) electrons. The van der Waals surface area contributed by atoms with Gasteiger partial charge in [0, 0.05) is 18.8 Å². The van der Waals surface area contributed by atoms with Gasteiger partial charge in [-0.3, -0.25) is 4.98 Å². The molecule has 2 heteroatoms. The maximum Gasteiger partial charge on any atom is 0.0911 e. The van der Waals surface area contributed by atoms with Crippen molar-refractivity contribution in [1.82, 2.24) is 4.98 Å². The van der Waals surface area contributed by atoms with Crippen molar-refractivity contribution in [2.75, 3.05) is 0 Å². The van der Waals surface area contributed by atoms with Gasteiger partial charge in [0.1, 0.15) is 0 Å². The van der Waals surface area contributed by atoms with E-state index < -0.39 is 5.60 Å². The Kier molecular flexibility index (Phi) is 3.48. The van der Waals surface area contributed by atoms with Crippen LogP contribution in [0.15, 0.2) is 42.7 Å². The summed E-state index contributed by atoms with van der Waals surface area (Å²) in [5.74, 6) is 0. The number of aromatic nitrogens is 1. The highest BCUT2D eigenvalue weighted by Crippen LogP contribution is 2.28. The summed E-state index contributed by atoms with van der Waals surface area (Å²) >= 11 is 0. The first-order valence-corrected chi connectivity index (χ1v) is 6.18. The number of hydrogen-bond donors (Lipinski definition) is 1. The Morgan fingerprint density at radius 2 is 1.78 bits per heavy atom. The maximum absolute atomic E-state index is 10.7. The SMILES string of the molecule is Cc1ccc(C)c(C(C)(O)Cc2ccncc2)c1. The van der Waals surface area contributed by atoms with E-state index in [1.54, 1.807) is 12.4 Å². The van der Waals surface area contributed by atoms with Crippen molar-refractivity contribution < 1.29 is 5.11 Å². The van der Waals surface area contributed by atoms with Crippen LogP contribution < -0.4 is 0 Å². The molecule has 0 amide bonds. The molecule has 0 saturated carbocycles. The van der Waals surface area contributed by atoms with Gasteiger partial charge in [0.15, 0.2) is 0 Å². The predicted molar refractivity (Wildman–Crippen MR) is 73.4 cm³/mol. The van der Waals surface area contributed by atoms with E-state index in [4.69, 9.17) is 0 Å². The maximum atomic E-state index is 10.7. The average Bonchev–Trinajstić information content (AvgIpc) is 2.33. The van der Waals surface area contributed by atoms with Crippen molar-refractivity contribution in [3.63, 3.8) is 0 Å². The fourth-order valence-electron chi connectivity index (χ4n) is 2.31. The topological polar surface area (TPSA) is 33.1 Å². The molecule has 0 bridgehead atoms. The fraction of sp³-hybridized carbons (Fsp3) is 0.312. The Labute approximate surface area is 108 Å². The van der Waals surface area contributed by atoms with E-state index in [1.165, 1.54) is 5.56 Å². The van der Waals surface area contributed by atoms with Crippen LogP contribution in [-0.2, 0) is 12.0 Å². The summed E-state index contributed by atoms with van der Waals surface area (Å²) in [6.45, 7) is 5.95. The number of aliphatic hydroxyl groups is 1. The van der Waals surface area contributed by atoms with Crippen LogP contribution >= 0.6 is 0 Å². The van der Waals surface area contributed by atoms with Gasteiger partial charge in [-0.15, -0.1) is 0 Å². The minimum atomic E-state index is -0.850. The van der Waals surface area contributed by atoms with Gasteiger partial charge in [-0.25, -0.2) is 0 Å².